The van der Waals surface area contributed by atoms with E-state index in [1.54, 1.807) is 18.5 Å². The van der Waals surface area contributed by atoms with Crippen molar-refractivity contribution in [1.29, 1.82) is 0 Å². The van der Waals surface area contributed by atoms with Crippen LogP contribution in [0.4, 0.5) is 5.69 Å². The van der Waals surface area contributed by atoms with E-state index in [-0.39, 0.29) is 5.56 Å². The molecule has 3 aromatic heterocycles. The van der Waals surface area contributed by atoms with Crippen LogP contribution in [0.5, 0.6) is 0 Å². The Labute approximate surface area is 162 Å². The molecule has 0 radical (unpaired) electrons. The molecule has 4 heterocycles. The Kier molecular flexibility index (Phi) is 3.62. The zero-order valence-electron chi connectivity index (χ0n) is 16.2. The number of rotatable bonds is 2. The van der Waals surface area contributed by atoms with Crippen molar-refractivity contribution in [2.45, 2.75) is 20.3 Å². The number of nitrogens with zero attached hydrogens (tertiary/aromatic N) is 5. The average Bonchev–Trinajstić information content (AvgIpc) is 3.21. The van der Waals surface area contributed by atoms with Crippen LogP contribution in [0.15, 0.2) is 53.6 Å². The van der Waals surface area contributed by atoms with Crippen LogP contribution in [0, 0.1) is 13.8 Å². The van der Waals surface area contributed by atoms with Gasteiger partial charge >= 0.3 is 0 Å². The van der Waals surface area contributed by atoms with Gasteiger partial charge in [0.15, 0.2) is 5.82 Å². The molecule has 5 rings (SSSR count). The zero-order valence-corrected chi connectivity index (χ0v) is 16.2. The first-order chi connectivity index (χ1) is 13.6. The summed E-state index contributed by atoms with van der Waals surface area (Å²) in [5, 5.41) is 5.97. The van der Waals surface area contributed by atoms with Gasteiger partial charge in [0.1, 0.15) is 0 Å². The van der Waals surface area contributed by atoms with Crippen LogP contribution in [0.2, 0.25) is 0 Å². The van der Waals surface area contributed by atoms with Crippen molar-refractivity contribution in [3.05, 3.63) is 76.1 Å². The Morgan fingerprint density at radius 1 is 1.00 bits per heavy atom. The highest BCUT2D eigenvalue weighted by atomic mass is 16.1. The molecule has 6 nitrogen and oxygen atoms in total. The van der Waals surface area contributed by atoms with Gasteiger partial charge in [-0.2, -0.15) is 9.78 Å². The van der Waals surface area contributed by atoms with Gasteiger partial charge < -0.3 is 9.47 Å². The number of fused-ring (bicyclic) bond motifs is 2. The summed E-state index contributed by atoms with van der Waals surface area (Å²) in [4.78, 5) is 19.8. The third kappa shape index (κ3) is 2.24. The lowest BCUT2D eigenvalue weighted by Crippen LogP contribution is -2.21. The van der Waals surface area contributed by atoms with Gasteiger partial charge in [-0.05, 0) is 44.5 Å². The second-order valence-corrected chi connectivity index (χ2v) is 7.29. The van der Waals surface area contributed by atoms with Crippen molar-refractivity contribution in [3.63, 3.8) is 0 Å². The van der Waals surface area contributed by atoms with Crippen LogP contribution in [-0.4, -0.2) is 32.9 Å². The Hall–Kier alpha value is -3.41. The van der Waals surface area contributed by atoms with Crippen LogP contribution in [0.1, 0.15) is 17.0 Å². The summed E-state index contributed by atoms with van der Waals surface area (Å²) in [6, 6.07) is 11.9. The third-order valence-electron chi connectivity index (χ3n) is 5.74. The van der Waals surface area contributed by atoms with E-state index in [2.05, 4.69) is 51.7 Å². The standard InChI is InChI=1S/C22H21N5O/c1-14-17-13-24-27(20-9-4-5-11-23-20)22(28)21(17)15(2)26(14)19-8-6-7-18-16(19)10-12-25(18)3/h4-9,11,13H,10,12H2,1-3H3. The van der Waals surface area contributed by atoms with Crippen molar-refractivity contribution in [2.24, 2.45) is 0 Å². The molecule has 1 aliphatic heterocycles. The molecule has 1 aromatic carbocycles. The Balaban J connectivity index is 1.80. The molecule has 0 N–H and O–H groups in total. The highest BCUT2D eigenvalue weighted by Crippen LogP contribution is 2.35. The van der Waals surface area contributed by atoms with E-state index in [9.17, 15) is 4.79 Å². The highest BCUT2D eigenvalue weighted by Gasteiger charge is 2.23. The van der Waals surface area contributed by atoms with Gasteiger partial charge in [-0.25, -0.2) is 4.98 Å². The summed E-state index contributed by atoms with van der Waals surface area (Å²) in [5.74, 6) is 0.529. The maximum atomic E-state index is 13.3. The van der Waals surface area contributed by atoms with Crippen molar-refractivity contribution in [2.75, 3.05) is 18.5 Å². The second-order valence-electron chi connectivity index (χ2n) is 7.29. The van der Waals surface area contributed by atoms with Crippen LogP contribution in [-0.2, 0) is 6.42 Å². The van der Waals surface area contributed by atoms with Crippen LogP contribution in [0.25, 0.3) is 22.3 Å². The molecule has 0 spiro atoms. The normalized spacial score (nSPS) is 13.3. The van der Waals surface area contributed by atoms with E-state index in [4.69, 9.17) is 0 Å². The van der Waals surface area contributed by atoms with Gasteiger partial charge in [-0.1, -0.05) is 12.1 Å². The lowest BCUT2D eigenvalue weighted by Gasteiger charge is -2.16. The topological polar surface area (TPSA) is 56.0 Å². The first-order valence-electron chi connectivity index (χ1n) is 9.42. The van der Waals surface area contributed by atoms with Gasteiger partial charge in [-0.15, -0.1) is 0 Å². The van der Waals surface area contributed by atoms with E-state index >= 15 is 0 Å². The van der Waals surface area contributed by atoms with Gasteiger partial charge in [0.05, 0.1) is 17.3 Å². The third-order valence-corrected chi connectivity index (χ3v) is 5.74. The van der Waals surface area contributed by atoms with Crippen LogP contribution >= 0.6 is 0 Å². The minimum absolute atomic E-state index is 0.139. The molecular weight excluding hydrogens is 350 g/mol. The first kappa shape index (κ1) is 16.7. The minimum atomic E-state index is -0.139. The van der Waals surface area contributed by atoms with Gasteiger partial charge in [0, 0.05) is 47.8 Å². The first-order valence-corrected chi connectivity index (χ1v) is 9.42. The molecule has 0 fully saturated rings. The highest BCUT2D eigenvalue weighted by molar-refractivity contribution is 5.88. The molecule has 0 atom stereocenters. The fraction of sp³-hybridized carbons (Fsp3) is 0.227. The van der Waals surface area contributed by atoms with Gasteiger partial charge in [0.25, 0.3) is 5.56 Å². The number of hydrogen-bond donors (Lipinski definition) is 0. The van der Waals surface area contributed by atoms with E-state index in [1.807, 2.05) is 19.1 Å². The molecule has 28 heavy (non-hydrogen) atoms. The zero-order chi connectivity index (χ0) is 19.4. The summed E-state index contributed by atoms with van der Waals surface area (Å²) in [5.41, 5.74) is 5.57. The summed E-state index contributed by atoms with van der Waals surface area (Å²) in [6.07, 6.45) is 4.45. The Morgan fingerprint density at radius 2 is 1.82 bits per heavy atom. The molecule has 0 saturated carbocycles. The lowest BCUT2D eigenvalue weighted by molar-refractivity contribution is 0.794. The molecule has 6 heteroatoms. The number of anilines is 1. The van der Waals surface area contributed by atoms with Crippen LogP contribution < -0.4 is 10.5 Å². The lowest BCUT2D eigenvalue weighted by atomic mass is 10.1. The van der Waals surface area contributed by atoms with Gasteiger partial charge in [-0.3, -0.25) is 4.79 Å². The summed E-state index contributed by atoms with van der Waals surface area (Å²) >= 11 is 0. The number of benzene rings is 1. The Morgan fingerprint density at radius 3 is 2.61 bits per heavy atom. The Bertz CT molecular complexity index is 1270. The monoisotopic (exact) mass is 371 g/mol. The summed E-state index contributed by atoms with van der Waals surface area (Å²) in [6.45, 7) is 5.08. The molecule has 140 valence electrons. The molecule has 0 bridgehead atoms. The van der Waals surface area contributed by atoms with E-state index in [0.29, 0.717) is 11.2 Å². The molecule has 0 amide bonds. The fourth-order valence-electron chi connectivity index (χ4n) is 4.35. The molecule has 0 unspecified atom stereocenters. The number of hydrogen-bond acceptors (Lipinski definition) is 4. The smallest absolute Gasteiger partial charge is 0.282 e. The van der Waals surface area contributed by atoms with E-state index in [0.717, 1.165) is 35.4 Å². The van der Waals surface area contributed by atoms with E-state index in [1.165, 1.54) is 15.9 Å². The van der Waals surface area contributed by atoms with Crippen molar-refractivity contribution >= 4 is 16.5 Å². The fourth-order valence-corrected chi connectivity index (χ4v) is 4.35. The number of aromatic nitrogens is 4. The quantitative estimate of drug-likeness (QED) is 0.543. The number of aryl methyl sites for hydroxylation is 2. The largest absolute Gasteiger partial charge is 0.374 e. The van der Waals surface area contributed by atoms with Gasteiger partial charge in [0.2, 0.25) is 0 Å². The molecule has 4 aromatic rings. The summed E-state index contributed by atoms with van der Waals surface area (Å²) in [7, 11) is 2.12. The average molecular weight is 371 g/mol. The molecule has 0 aliphatic carbocycles. The number of likely N-dealkylation sites (N-methyl/N-ethyl adjacent to an activating group) is 1. The predicted molar refractivity (Wildman–Crippen MR) is 111 cm³/mol. The van der Waals surface area contributed by atoms with Crippen molar-refractivity contribution < 1.29 is 0 Å². The van der Waals surface area contributed by atoms with E-state index < -0.39 is 0 Å². The maximum absolute atomic E-state index is 13.3. The summed E-state index contributed by atoms with van der Waals surface area (Å²) < 4.78 is 3.58. The van der Waals surface area contributed by atoms with Crippen molar-refractivity contribution in [1.82, 2.24) is 19.3 Å². The molecule has 1 aliphatic rings. The van der Waals surface area contributed by atoms with Crippen molar-refractivity contribution in [3.8, 4) is 11.5 Å². The second kappa shape index (κ2) is 6.05. The van der Waals surface area contributed by atoms with Crippen LogP contribution in [0.3, 0.4) is 0 Å². The predicted octanol–water partition coefficient (Wildman–Crippen LogP) is 3.18. The number of pyridine rings is 1. The maximum Gasteiger partial charge on any atom is 0.282 e. The SMILES string of the molecule is Cc1c2cnn(-c3ccccn3)c(=O)c2c(C)n1-c1cccc2c1CCN2C. The minimum Gasteiger partial charge on any atom is -0.374 e. The molecule has 0 saturated heterocycles. The molecular formula is C22H21N5O.